The van der Waals surface area contributed by atoms with Gasteiger partial charge in [-0.1, -0.05) is 24.0 Å². The molecule has 2 bridgehead atoms. The Bertz CT molecular complexity index is 1530. The molecule has 3 heterocycles. The number of ether oxygens (including phenoxy) is 1. The number of alkyl halides is 2. The third-order valence-electron chi connectivity index (χ3n) is 5.91. The Hall–Kier alpha value is -3.37. The smallest absolute Gasteiger partial charge is 0.387 e. The van der Waals surface area contributed by atoms with Crippen molar-refractivity contribution in [2.45, 2.75) is 51.4 Å². The zero-order valence-corrected chi connectivity index (χ0v) is 18.3. The van der Waals surface area contributed by atoms with Crippen molar-refractivity contribution in [3.05, 3.63) is 58.2 Å². The molecule has 1 aromatic heterocycles. The predicted molar refractivity (Wildman–Crippen MR) is 123 cm³/mol. The summed E-state index contributed by atoms with van der Waals surface area (Å²) in [6.07, 6.45) is 2.82. The molecule has 0 unspecified atom stereocenters. The van der Waals surface area contributed by atoms with E-state index in [9.17, 15) is 13.9 Å². The average molecular weight is 453 g/mol. The summed E-state index contributed by atoms with van der Waals surface area (Å²) in [4.78, 5) is 6.01. The van der Waals surface area contributed by atoms with Gasteiger partial charge in [-0.05, 0) is 44.5 Å². The van der Waals surface area contributed by atoms with E-state index in [4.69, 9.17) is 13.8 Å². The van der Waals surface area contributed by atoms with Gasteiger partial charge in [-0.15, -0.1) is 0 Å². The molecule has 170 valence electrons. The summed E-state index contributed by atoms with van der Waals surface area (Å²) in [5, 5.41) is 10.8. The Kier molecular flexibility index (Phi) is 4.33. The van der Waals surface area contributed by atoms with E-state index in [2.05, 4.69) is 11.8 Å². The second-order valence-corrected chi connectivity index (χ2v) is 8.92. The molecule has 2 aliphatic rings. The standard InChI is InChI=1S/C26H25F2N3O2/c1-26(2,32)12-5-4-7-16-10-11-18-19(13-16)31-20-14-21(24(31)29-18)30(3)15-17-8-6-9-22(23(17)20)33-25(27)28/h6,8-11,13,15,21,25,32H,5,12,14H2,1-3H3/t21-/m1/s1/i3D3. The van der Waals surface area contributed by atoms with E-state index in [-0.39, 0.29) is 12.2 Å². The number of imidazole rings is 1. The minimum absolute atomic E-state index is 0.0165. The van der Waals surface area contributed by atoms with Gasteiger partial charge in [0.25, 0.3) is 0 Å². The monoisotopic (exact) mass is 452 g/mol. The van der Waals surface area contributed by atoms with E-state index in [0.29, 0.717) is 45.8 Å². The van der Waals surface area contributed by atoms with Gasteiger partial charge >= 0.3 is 6.61 Å². The molecule has 7 heteroatoms. The van der Waals surface area contributed by atoms with Crippen LogP contribution in [-0.2, 0) is 0 Å². The van der Waals surface area contributed by atoms with E-state index < -0.39 is 25.2 Å². The van der Waals surface area contributed by atoms with Gasteiger partial charge in [0.15, 0.2) is 0 Å². The minimum atomic E-state index is -3.03. The molecule has 0 radical (unpaired) electrons. The van der Waals surface area contributed by atoms with Gasteiger partial charge in [-0.25, -0.2) is 4.98 Å². The molecule has 2 aliphatic heterocycles. The van der Waals surface area contributed by atoms with Crippen LogP contribution in [-0.4, -0.2) is 38.7 Å². The van der Waals surface area contributed by atoms with Crippen LogP contribution in [0.15, 0.2) is 36.4 Å². The minimum Gasteiger partial charge on any atom is -0.434 e. The van der Waals surface area contributed by atoms with Crippen molar-refractivity contribution in [2.75, 3.05) is 6.98 Å². The summed E-state index contributed by atoms with van der Waals surface area (Å²) in [6.45, 7) is -2.03. The number of hydrogen-bond donors (Lipinski definition) is 1. The van der Waals surface area contributed by atoms with Gasteiger partial charge in [0.2, 0.25) is 0 Å². The van der Waals surface area contributed by atoms with E-state index in [1.807, 2.05) is 22.8 Å². The van der Waals surface area contributed by atoms with Crippen LogP contribution in [0.3, 0.4) is 0 Å². The van der Waals surface area contributed by atoms with Crippen LogP contribution in [0, 0.1) is 11.8 Å². The zero-order valence-electron chi connectivity index (χ0n) is 21.3. The van der Waals surface area contributed by atoms with E-state index in [0.717, 1.165) is 5.56 Å². The van der Waals surface area contributed by atoms with Crippen molar-refractivity contribution in [3.63, 3.8) is 0 Å². The fraction of sp³-hybridized carbons (Fsp3) is 0.346. The molecule has 1 N–H and O–H groups in total. The zero-order chi connectivity index (χ0) is 25.8. The molecule has 0 amide bonds. The second kappa shape index (κ2) is 7.89. The number of hydrogen-bond acceptors (Lipinski definition) is 4. The van der Waals surface area contributed by atoms with Crippen molar-refractivity contribution in [3.8, 4) is 17.6 Å². The van der Waals surface area contributed by atoms with Crippen molar-refractivity contribution < 1.29 is 22.7 Å². The van der Waals surface area contributed by atoms with Gasteiger partial charge < -0.3 is 14.7 Å². The highest BCUT2D eigenvalue weighted by molar-refractivity contribution is 5.83. The quantitative estimate of drug-likeness (QED) is 0.617. The summed E-state index contributed by atoms with van der Waals surface area (Å²) in [6, 6.07) is 9.64. The van der Waals surface area contributed by atoms with Crippen LogP contribution in [0.4, 0.5) is 8.78 Å². The molecule has 1 atom stereocenters. The molecular weight excluding hydrogens is 424 g/mol. The van der Waals surface area contributed by atoms with Crippen LogP contribution in [0.25, 0.3) is 22.9 Å². The summed E-state index contributed by atoms with van der Waals surface area (Å²) in [5.74, 6) is 6.69. The Labute approximate surface area is 194 Å². The highest BCUT2D eigenvalue weighted by atomic mass is 19.3. The van der Waals surface area contributed by atoms with Gasteiger partial charge in [0.05, 0.1) is 22.7 Å². The van der Waals surface area contributed by atoms with Gasteiger partial charge in [0, 0.05) is 51.8 Å². The molecular formula is C26H25F2N3O2. The Balaban J connectivity index is 1.73. The molecule has 2 aromatic carbocycles. The van der Waals surface area contributed by atoms with Gasteiger partial charge in [-0.3, -0.25) is 4.57 Å². The number of benzene rings is 2. The molecule has 5 rings (SSSR count). The summed E-state index contributed by atoms with van der Waals surface area (Å²) in [7, 11) is 0. The fourth-order valence-corrected chi connectivity index (χ4v) is 4.41. The highest BCUT2D eigenvalue weighted by Gasteiger charge is 2.35. The summed E-state index contributed by atoms with van der Waals surface area (Å²) in [5.41, 5.74) is 1.95. The molecule has 0 fully saturated rings. The SMILES string of the molecule is [2H]C([2H])([2H])N1C=c2cccc(OC(F)F)c2=C2C[C@@H]1c1nc3ccc(C#CCCC(C)(C)O)cc3n12. The van der Waals surface area contributed by atoms with Crippen molar-refractivity contribution in [1.29, 1.82) is 0 Å². The number of nitrogens with zero attached hydrogens (tertiary/aromatic N) is 3. The van der Waals surface area contributed by atoms with Crippen LogP contribution < -0.4 is 15.2 Å². The fourth-order valence-electron chi connectivity index (χ4n) is 4.41. The van der Waals surface area contributed by atoms with Gasteiger partial charge in [0.1, 0.15) is 11.6 Å². The maximum Gasteiger partial charge on any atom is 0.387 e. The molecule has 0 spiro atoms. The average Bonchev–Trinajstić information content (AvgIpc) is 3.24. The third-order valence-corrected chi connectivity index (χ3v) is 5.91. The molecule has 0 aliphatic carbocycles. The first-order chi connectivity index (χ1) is 16.9. The lowest BCUT2D eigenvalue weighted by Crippen LogP contribution is -2.32. The first kappa shape index (κ1) is 18.1. The predicted octanol–water partition coefficient (Wildman–Crippen LogP) is 3.33. The first-order valence-electron chi connectivity index (χ1n) is 12.2. The molecule has 5 nitrogen and oxygen atoms in total. The molecule has 3 aromatic rings. The van der Waals surface area contributed by atoms with Crippen molar-refractivity contribution >= 4 is 22.9 Å². The van der Waals surface area contributed by atoms with Crippen LogP contribution in [0.5, 0.6) is 5.75 Å². The Morgan fingerprint density at radius 1 is 1.33 bits per heavy atom. The highest BCUT2D eigenvalue weighted by Crippen LogP contribution is 2.40. The topological polar surface area (TPSA) is 50.5 Å². The molecule has 0 saturated heterocycles. The lowest BCUT2D eigenvalue weighted by Gasteiger charge is -2.20. The Morgan fingerprint density at radius 3 is 2.94 bits per heavy atom. The van der Waals surface area contributed by atoms with E-state index >= 15 is 0 Å². The number of fused-ring (bicyclic) bond motifs is 8. The number of rotatable bonds is 4. The third kappa shape index (κ3) is 3.96. The maximum absolute atomic E-state index is 13.3. The number of aliphatic hydroxyl groups is 1. The van der Waals surface area contributed by atoms with Crippen LogP contribution in [0.2, 0.25) is 0 Å². The van der Waals surface area contributed by atoms with Gasteiger partial charge in [-0.2, -0.15) is 8.78 Å². The normalized spacial score (nSPS) is 18.5. The summed E-state index contributed by atoms with van der Waals surface area (Å²) < 4.78 is 57.6. The lowest BCUT2D eigenvalue weighted by atomic mass is 10.0. The lowest BCUT2D eigenvalue weighted by molar-refractivity contribution is -0.0505. The first-order valence-corrected chi connectivity index (χ1v) is 10.7. The largest absolute Gasteiger partial charge is 0.434 e. The number of aromatic nitrogens is 2. The van der Waals surface area contributed by atoms with Crippen LogP contribution in [0.1, 0.15) is 54.7 Å². The maximum atomic E-state index is 13.3. The molecule has 33 heavy (non-hydrogen) atoms. The van der Waals surface area contributed by atoms with Crippen LogP contribution >= 0.6 is 0 Å². The molecule has 0 saturated carbocycles. The Morgan fingerprint density at radius 2 is 2.18 bits per heavy atom. The van der Waals surface area contributed by atoms with Crippen molar-refractivity contribution in [1.82, 2.24) is 14.5 Å². The van der Waals surface area contributed by atoms with Crippen molar-refractivity contribution in [2.24, 2.45) is 0 Å². The summed E-state index contributed by atoms with van der Waals surface area (Å²) >= 11 is 0. The van der Waals surface area contributed by atoms with E-state index in [1.165, 1.54) is 17.2 Å². The number of halogens is 2. The van der Waals surface area contributed by atoms with E-state index in [1.54, 1.807) is 26.0 Å². The second-order valence-electron chi connectivity index (χ2n) is 8.92.